The van der Waals surface area contributed by atoms with Gasteiger partial charge in [-0.05, 0) is 33.8 Å². The van der Waals surface area contributed by atoms with E-state index < -0.39 is 5.60 Å². The second-order valence-electron chi connectivity index (χ2n) is 8.02. The fourth-order valence-electron chi connectivity index (χ4n) is 2.91. The van der Waals surface area contributed by atoms with Crippen LogP contribution < -0.4 is 10.6 Å². The van der Waals surface area contributed by atoms with Gasteiger partial charge in [-0.15, -0.1) is 0 Å². The van der Waals surface area contributed by atoms with Gasteiger partial charge in [-0.25, -0.2) is 4.98 Å². The van der Waals surface area contributed by atoms with Crippen LogP contribution in [0.25, 0.3) is 11.2 Å². The average Bonchev–Trinajstić information content (AvgIpc) is 3.09. The molecule has 0 amide bonds. The number of aryl methyl sites for hydroxylation is 2. The molecule has 1 atom stereocenters. The van der Waals surface area contributed by atoms with E-state index in [1.54, 1.807) is 26.2 Å². The predicted molar refractivity (Wildman–Crippen MR) is 115 cm³/mol. The van der Waals surface area contributed by atoms with Crippen LogP contribution in [0.5, 0.6) is 5.75 Å². The molecule has 0 spiro atoms. The zero-order valence-electron chi connectivity index (χ0n) is 17.7. The van der Waals surface area contributed by atoms with Gasteiger partial charge in [0, 0.05) is 31.1 Å². The molecule has 2 heterocycles. The second kappa shape index (κ2) is 8.24. The number of anilines is 2. The fraction of sp³-hybridized carbons (Fsp3) is 0.476. The van der Waals surface area contributed by atoms with E-state index in [0.717, 1.165) is 23.3 Å². The molecule has 8 heteroatoms. The van der Waals surface area contributed by atoms with Gasteiger partial charge >= 0.3 is 0 Å². The summed E-state index contributed by atoms with van der Waals surface area (Å²) in [7, 11) is 0. The lowest BCUT2D eigenvalue weighted by atomic mass is 9.93. The lowest BCUT2D eigenvalue weighted by molar-refractivity contribution is 0.0303. The van der Waals surface area contributed by atoms with Gasteiger partial charge in [-0.2, -0.15) is 9.97 Å². The zero-order valence-corrected chi connectivity index (χ0v) is 17.7. The lowest BCUT2D eigenvalue weighted by Crippen LogP contribution is -2.33. The topological polar surface area (TPSA) is 108 Å². The Morgan fingerprint density at radius 2 is 1.97 bits per heavy atom. The van der Waals surface area contributed by atoms with Crippen LogP contribution in [0, 0.1) is 12.8 Å². The maximum absolute atomic E-state index is 10.2. The number of benzene rings is 1. The number of nitrogens with one attached hydrogen (secondary N) is 2. The van der Waals surface area contributed by atoms with Crippen LogP contribution >= 0.6 is 0 Å². The van der Waals surface area contributed by atoms with Crippen molar-refractivity contribution in [3.05, 3.63) is 35.7 Å². The second-order valence-corrected chi connectivity index (χ2v) is 8.02. The monoisotopic (exact) mass is 398 g/mol. The molecule has 0 fully saturated rings. The van der Waals surface area contributed by atoms with E-state index in [2.05, 4.69) is 25.6 Å². The molecule has 156 valence electrons. The van der Waals surface area contributed by atoms with E-state index in [1.165, 1.54) is 0 Å². The van der Waals surface area contributed by atoms with Crippen molar-refractivity contribution in [3.8, 4) is 5.75 Å². The number of fused-ring (bicyclic) bond motifs is 1. The third kappa shape index (κ3) is 4.76. The number of nitrogens with zero attached hydrogens (tertiary/aromatic N) is 4. The van der Waals surface area contributed by atoms with E-state index in [-0.39, 0.29) is 11.7 Å². The number of imidazole rings is 1. The average molecular weight is 399 g/mol. The Balaban J connectivity index is 1.88. The molecular weight excluding hydrogens is 368 g/mol. The molecule has 8 nitrogen and oxygen atoms in total. The van der Waals surface area contributed by atoms with Crippen LogP contribution in [-0.4, -0.2) is 41.9 Å². The van der Waals surface area contributed by atoms with Crippen LogP contribution in [0.4, 0.5) is 11.8 Å². The number of rotatable bonds is 8. The molecule has 1 unspecified atom stereocenters. The van der Waals surface area contributed by atoms with Gasteiger partial charge in [0.1, 0.15) is 5.75 Å². The minimum absolute atomic E-state index is 0.0125. The van der Waals surface area contributed by atoms with E-state index in [9.17, 15) is 10.2 Å². The summed E-state index contributed by atoms with van der Waals surface area (Å²) in [6, 6.07) is 5.50. The zero-order chi connectivity index (χ0) is 21.2. The van der Waals surface area contributed by atoms with Crippen molar-refractivity contribution in [1.82, 2.24) is 19.5 Å². The molecule has 0 aliphatic carbocycles. The molecule has 29 heavy (non-hydrogen) atoms. The van der Waals surface area contributed by atoms with E-state index in [0.29, 0.717) is 30.4 Å². The van der Waals surface area contributed by atoms with Gasteiger partial charge in [-0.3, -0.25) is 0 Å². The lowest BCUT2D eigenvalue weighted by Gasteiger charge is -2.26. The summed E-state index contributed by atoms with van der Waals surface area (Å²) in [4.78, 5) is 13.7. The molecular formula is C21H30N6O2. The first kappa shape index (κ1) is 20.9. The van der Waals surface area contributed by atoms with Crippen molar-refractivity contribution in [1.29, 1.82) is 0 Å². The van der Waals surface area contributed by atoms with Crippen molar-refractivity contribution in [2.45, 2.75) is 53.3 Å². The van der Waals surface area contributed by atoms with Gasteiger partial charge in [0.2, 0.25) is 5.95 Å². The molecule has 0 aliphatic rings. The highest BCUT2D eigenvalue weighted by Gasteiger charge is 2.22. The van der Waals surface area contributed by atoms with Crippen molar-refractivity contribution >= 4 is 22.9 Å². The van der Waals surface area contributed by atoms with Crippen molar-refractivity contribution in [3.63, 3.8) is 0 Å². The smallest absolute Gasteiger partial charge is 0.226 e. The van der Waals surface area contributed by atoms with Gasteiger partial charge in [0.25, 0.3) is 0 Å². The van der Waals surface area contributed by atoms with Gasteiger partial charge < -0.3 is 25.4 Å². The standard InChI is InChI=1S/C21H30N6O2/c1-6-27-12-24-17-18(22-11-15-9-13(2)7-8-16(15)28)25-20(26-19(17)27)23-10-14(3)21(4,5)29/h7-9,12,14,28-29H,6,10-11H2,1-5H3,(H2,22,23,25,26). The number of hydrogen-bond acceptors (Lipinski definition) is 7. The van der Waals surface area contributed by atoms with Crippen LogP contribution in [0.15, 0.2) is 24.5 Å². The molecule has 3 rings (SSSR count). The Morgan fingerprint density at radius 1 is 1.21 bits per heavy atom. The normalized spacial score (nSPS) is 12.9. The molecule has 2 aromatic heterocycles. The quantitative estimate of drug-likeness (QED) is 0.461. The first-order chi connectivity index (χ1) is 13.7. The van der Waals surface area contributed by atoms with Crippen LogP contribution in [0.1, 0.15) is 38.8 Å². The number of phenolic OH excluding ortho intramolecular Hbond substituents is 1. The van der Waals surface area contributed by atoms with Gasteiger partial charge in [0.05, 0.1) is 11.9 Å². The molecule has 0 aliphatic heterocycles. The summed E-state index contributed by atoms with van der Waals surface area (Å²) < 4.78 is 1.96. The maximum Gasteiger partial charge on any atom is 0.226 e. The Kier molecular flexibility index (Phi) is 5.93. The van der Waals surface area contributed by atoms with E-state index in [1.807, 2.05) is 37.5 Å². The van der Waals surface area contributed by atoms with Gasteiger partial charge in [0.15, 0.2) is 17.0 Å². The number of aromatic hydroxyl groups is 1. The minimum Gasteiger partial charge on any atom is -0.508 e. The van der Waals surface area contributed by atoms with E-state index in [4.69, 9.17) is 0 Å². The third-order valence-corrected chi connectivity index (χ3v) is 5.26. The molecule has 0 saturated carbocycles. The first-order valence-corrected chi connectivity index (χ1v) is 9.90. The number of aromatic nitrogens is 4. The van der Waals surface area contributed by atoms with Crippen LogP contribution in [0.3, 0.4) is 0 Å². The summed E-state index contributed by atoms with van der Waals surface area (Å²) in [5.74, 6) is 1.32. The maximum atomic E-state index is 10.2. The van der Waals surface area contributed by atoms with Crippen molar-refractivity contribution in [2.24, 2.45) is 5.92 Å². The Morgan fingerprint density at radius 3 is 2.66 bits per heavy atom. The summed E-state index contributed by atoms with van der Waals surface area (Å²) in [6.07, 6.45) is 1.75. The highest BCUT2D eigenvalue weighted by molar-refractivity contribution is 5.84. The van der Waals surface area contributed by atoms with Crippen molar-refractivity contribution in [2.75, 3.05) is 17.2 Å². The fourth-order valence-corrected chi connectivity index (χ4v) is 2.91. The van der Waals surface area contributed by atoms with E-state index >= 15 is 0 Å². The molecule has 3 aromatic rings. The summed E-state index contributed by atoms with van der Waals surface area (Å²) >= 11 is 0. The third-order valence-electron chi connectivity index (χ3n) is 5.26. The van der Waals surface area contributed by atoms with Gasteiger partial charge in [-0.1, -0.05) is 24.6 Å². The number of hydrogen-bond donors (Lipinski definition) is 4. The SMILES string of the molecule is CCn1cnc2c(NCc3cc(C)ccc3O)nc(NCC(C)C(C)(C)O)nc21. The molecule has 4 N–H and O–H groups in total. The number of aliphatic hydroxyl groups is 1. The molecule has 0 saturated heterocycles. The Bertz CT molecular complexity index is 993. The largest absolute Gasteiger partial charge is 0.508 e. The minimum atomic E-state index is -0.800. The highest BCUT2D eigenvalue weighted by atomic mass is 16.3. The number of phenols is 1. The molecule has 1 aromatic carbocycles. The van der Waals surface area contributed by atoms with Crippen LogP contribution in [-0.2, 0) is 13.1 Å². The highest BCUT2D eigenvalue weighted by Crippen LogP contribution is 2.24. The van der Waals surface area contributed by atoms with Crippen LogP contribution in [0.2, 0.25) is 0 Å². The summed E-state index contributed by atoms with van der Waals surface area (Å²) in [6.45, 7) is 11.3. The first-order valence-electron chi connectivity index (χ1n) is 9.90. The molecule has 0 radical (unpaired) electrons. The summed E-state index contributed by atoms with van der Waals surface area (Å²) in [5, 5.41) is 26.8. The Hall–Kier alpha value is -2.87. The predicted octanol–water partition coefficient (Wildman–Crippen LogP) is 3.29. The molecule has 0 bridgehead atoms. The Labute approximate surface area is 171 Å². The summed E-state index contributed by atoms with van der Waals surface area (Å²) in [5.41, 5.74) is 2.48. The van der Waals surface area contributed by atoms with Crippen molar-refractivity contribution < 1.29 is 10.2 Å².